The lowest BCUT2D eigenvalue weighted by molar-refractivity contribution is 0.773. The van der Waals surface area contributed by atoms with E-state index in [1.54, 1.807) is 4.42 Å². The van der Waals surface area contributed by atoms with Crippen LogP contribution < -0.4 is 4.42 Å². The van der Waals surface area contributed by atoms with Gasteiger partial charge in [0.05, 0.1) is 16.7 Å². The van der Waals surface area contributed by atoms with Crippen molar-refractivity contribution in [3.05, 3.63) is 24.0 Å². The van der Waals surface area contributed by atoms with Crippen molar-refractivity contribution >= 4 is 40.1 Å². The van der Waals surface area contributed by atoms with Gasteiger partial charge >= 0.3 is 0 Å². The number of hydrogen-bond acceptors (Lipinski definition) is 2. The number of hydrogen-bond donors (Lipinski definition) is 0. The van der Waals surface area contributed by atoms with E-state index < -0.39 is 0 Å². The molecule has 1 heterocycles. The van der Waals surface area contributed by atoms with Crippen LogP contribution in [0.4, 0.5) is 5.69 Å². The van der Waals surface area contributed by atoms with Crippen LogP contribution in [0.5, 0.6) is 0 Å². The molecule has 2 aromatic rings. The zero-order valence-corrected chi connectivity index (χ0v) is 12.2. The van der Waals surface area contributed by atoms with Crippen molar-refractivity contribution in [1.29, 1.82) is 0 Å². The molecule has 0 saturated heterocycles. The standard InChI is InChI=1S/C13H17Cl2N3/c1-3-4-13-16-11-9-10(18(15)8-7-14)5-6-12(11)17(13)2/h5-6,9H,3-4,7-8H2,1-2H3. The molecule has 0 aliphatic rings. The molecule has 0 amide bonds. The van der Waals surface area contributed by atoms with Gasteiger partial charge in [-0.3, -0.25) is 4.42 Å². The van der Waals surface area contributed by atoms with Gasteiger partial charge in [0.15, 0.2) is 0 Å². The lowest BCUT2D eigenvalue weighted by Crippen LogP contribution is -2.12. The zero-order chi connectivity index (χ0) is 13.1. The second kappa shape index (κ2) is 5.81. The monoisotopic (exact) mass is 285 g/mol. The Balaban J connectivity index is 2.39. The van der Waals surface area contributed by atoms with Crippen LogP contribution in [0.25, 0.3) is 11.0 Å². The molecule has 1 aromatic heterocycles. The number of nitrogens with zero attached hydrogens (tertiary/aromatic N) is 3. The van der Waals surface area contributed by atoms with Crippen molar-refractivity contribution in [1.82, 2.24) is 9.55 Å². The molecule has 18 heavy (non-hydrogen) atoms. The largest absolute Gasteiger partial charge is 0.331 e. The molecular weight excluding hydrogens is 269 g/mol. The lowest BCUT2D eigenvalue weighted by Gasteiger charge is -2.13. The minimum Gasteiger partial charge on any atom is -0.331 e. The number of anilines is 1. The van der Waals surface area contributed by atoms with Gasteiger partial charge in [0.1, 0.15) is 5.82 Å². The molecule has 0 aliphatic heterocycles. The highest BCUT2D eigenvalue weighted by Gasteiger charge is 2.09. The fraction of sp³-hybridized carbons (Fsp3) is 0.462. The van der Waals surface area contributed by atoms with Gasteiger partial charge in [-0.2, -0.15) is 0 Å². The van der Waals surface area contributed by atoms with Gasteiger partial charge in [0, 0.05) is 37.7 Å². The van der Waals surface area contributed by atoms with Gasteiger partial charge in [0.2, 0.25) is 0 Å². The Morgan fingerprint density at radius 2 is 2.17 bits per heavy atom. The third kappa shape index (κ3) is 2.57. The van der Waals surface area contributed by atoms with E-state index in [2.05, 4.69) is 29.6 Å². The summed E-state index contributed by atoms with van der Waals surface area (Å²) in [5, 5.41) is 0. The third-order valence-electron chi connectivity index (χ3n) is 2.99. The first-order chi connectivity index (χ1) is 8.67. The highest BCUT2D eigenvalue weighted by molar-refractivity contribution is 6.27. The van der Waals surface area contributed by atoms with Crippen molar-refractivity contribution in [2.24, 2.45) is 7.05 Å². The third-order valence-corrected chi connectivity index (χ3v) is 3.52. The minimum atomic E-state index is 0.505. The maximum Gasteiger partial charge on any atom is 0.109 e. The zero-order valence-electron chi connectivity index (χ0n) is 10.7. The Hall–Kier alpha value is -0.930. The molecule has 0 radical (unpaired) electrons. The van der Waals surface area contributed by atoms with Crippen LogP contribution in [0, 0.1) is 0 Å². The summed E-state index contributed by atoms with van der Waals surface area (Å²) in [5.74, 6) is 1.62. The van der Waals surface area contributed by atoms with Crippen LogP contribution >= 0.6 is 23.4 Å². The summed E-state index contributed by atoms with van der Waals surface area (Å²) in [6.45, 7) is 2.77. The molecule has 0 bridgehead atoms. The van der Waals surface area contributed by atoms with Gasteiger partial charge in [-0.05, 0) is 24.6 Å². The van der Waals surface area contributed by atoms with Crippen LogP contribution in [-0.2, 0) is 13.5 Å². The first-order valence-corrected chi connectivity index (χ1v) is 6.99. The number of benzene rings is 1. The summed E-state index contributed by atoms with van der Waals surface area (Å²) in [7, 11) is 2.05. The van der Waals surface area contributed by atoms with Crippen LogP contribution in [-0.4, -0.2) is 22.0 Å². The summed E-state index contributed by atoms with van der Waals surface area (Å²) in [6.07, 6.45) is 2.09. The first kappa shape index (κ1) is 13.5. The molecule has 98 valence electrons. The maximum absolute atomic E-state index is 6.13. The summed E-state index contributed by atoms with van der Waals surface area (Å²) >= 11 is 11.8. The number of imidazole rings is 1. The number of fused-ring (bicyclic) bond motifs is 1. The topological polar surface area (TPSA) is 21.1 Å². The van der Waals surface area contributed by atoms with E-state index in [0.717, 1.165) is 35.4 Å². The summed E-state index contributed by atoms with van der Waals surface area (Å²) in [6, 6.07) is 6.06. The average molecular weight is 286 g/mol. The van der Waals surface area contributed by atoms with Crippen molar-refractivity contribution in [3.8, 4) is 0 Å². The van der Waals surface area contributed by atoms with E-state index in [4.69, 9.17) is 23.4 Å². The number of alkyl halides is 1. The van der Waals surface area contributed by atoms with E-state index in [-0.39, 0.29) is 0 Å². The molecule has 0 aliphatic carbocycles. The minimum absolute atomic E-state index is 0.505. The molecule has 0 unspecified atom stereocenters. The molecule has 5 heteroatoms. The van der Waals surface area contributed by atoms with Gasteiger partial charge in [-0.25, -0.2) is 4.98 Å². The Bertz CT molecular complexity index is 536. The second-order valence-electron chi connectivity index (χ2n) is 4.28. The molecule has 0 atom stereocenters. The van der Waals surface area contributed by atoms with Crippen LogP contribution in [0.2, 0.25) is 0 Å². The van der Waals surface area contributed by atoms with Crippen molar-refractivity contribution in [3.63, 3.8) is 0 Å². The smallest absolute Gasteiger partial charge is 0.109 e. The number of aromatic nitrogens is 2. The van der Waals surface area contributed by atoms with Gasteiger partial charge < -0.3 is 4.57 Å². The number of aryl methyl sites for hydroxylation is 2. The van der Waals surface area contributed by atoms with Crippen LogP contribution in [0.3, 0.4) is 0 Å². The van der Waals surface area contributed by atoms with Crippen LogP contribution in [0.15, 0.2) is 18.2 Å². The molecule has 1 aromatic carbocycles. The molecule has 0 spiro atoms. The molecule has 2 rings (SSSR count). The number of halogens is 2. The average Bonchev–Trinajstić information content (AvgIpc) is 2.67. The van der Waals surface area contributed by atoms with E-state index in [0.29, 0.717) is 12.4 Å². The normalized spacial score (nSPS) is 11.1. The SMILES string of the molecule is CCCc1nc2cc(N(Cl)CCCl)ccc2n1C. The molecule has 0 saturated carbocycles. The van der Waals surface area contributed by atoms with Gasteiger partial charge in [0.25, 0.3) is 0 Å². The fourth-order valence-corrected chi connectivity index (χ4v) is 2.48. The summed E-state index contributed by atoms with van der Waals surface area (Å²) in [4.78, 5) is 4.65. The van der Waals surface area contributed by atoms with Crippen molar-refractivity contribution < 1.29 is 0 Å². The molecule has 3 nitrogen and oxygen atoms in total. The van der Waals surface area contributed by atoms with E-state index in [1.807, 2.05) is 12.1 Å². The molecular formula is C13H17Cl2N3. The van der Waals surface area contributed by atoms with E-state index in [9.17, 15) is 0 Å². The van der Waals surface area contributed by atoms with Gasteiger partial charge in [-0.15, -0.1) is 11.6 Å². The Morgan fingerprint density at radius 1 is 1.39 bits per heavy atom. The Kier molecular flexibility index (Phi) is 4.36. The lowest BCUT2D eigenvalue weighted by atomic mass is 10.2. The highest BCUT2D eigenvalue weighted by Crippen LogP contribution is 2.24. The quantitative estimate of drug-likeness (QED) is 0.617. The van der Waals surface area contributed by atoms with Crippen molar-refractivity contribution in [2.45, 2.75) is 19.8 Å². The predicted octanol–water partition coefficient (Wildman–Crippen LogP) is 3.72. The van der Waals surface area contributed by atoms with Crippen LogP contribution in [0.1, 0.15) is 19.2 Å². The summed E-state index contributed by atoms with van der Waals surface area (Å²) in [5.41, 5.74) is 3.06. The van der Waals surface area contributed by atoms with E-state index in [1.165, 1.54) is 0 Å². The van der Waals surface area contributed by atoms with Gasteiger partial charge in [-0.1, -0.05) is 6.92 Å². The predicted molar refractivity (Wildman–Crippen MR) is 78.6 cm³/mol. The maximum atomic E-state index is 6.13. The van der Waals surface area contributed by atoms with E-state index >= 15 is 0 Å². The van der Waals surface area contributed by atoms with Crippen molar-refractivity contribution in [2.75, 3.05) is 16.8 Å². The second-order valence-corrected chi connectivity index (χ2v) is 5.07. The Labute approximate surface area is 117 Å². The first-order valence-electron chi connectivity index (χ1n) is 6.12. The molecule has 0 fully saturated rings. The highest BCUT2D eigenvalue weighted by atomic mass is 35.5. The fourth-order valence-electron chi connectivity index (χ4n) is 2.04. The number of rotatable bonds is 5. The molecule has 0 N–H and O–H groups in total. The summed E-state index contributed by atoms with van der Waals surface area (Å²) < 4.78 is 3.77. The Morgan fingerprint density at radius 3 is 2.83 bits per heavy atom.